The lowest BCUT2D eigenvalue weighted by atomic mass is 10.3. The van der Waals surface area contributed by atoms with Gasteiger partial charge in [-0.1, -0.05) is 11.8 Å². The van der Waals surface area contributed by atoms with Crippen molar-refractivity contribution in [2.45, 2.75) is 31.3 Å². The Kier molecular flexibility index (Phi) is 4.06. The summed E-state index contributed by atoms with van der Waals surface area (Å²) in [5.41, 5.74) is 0.570. The van der Waals surface area contributed by atoms with Gasteiger partial charge in [0.2, 0.25) is 11.0 Å². The lowest BCUT2D eigenvalue weighted by molar-refractivity contribution is -0.386. The van der Waals surface area contributed by atoms with Gasteiger partial charge in [0, 0.05) is 0 Å². The van der Waals surface area contributed by atoms with E-state index in [4.69, 9.17) is 5.84 Å². The van der Waals surface area contributed by atoms with Crippen LogP contribution in [0.5, 0.6) is 0 Å². The SMILES string of the molecule is Cc1nn(CSc2nnc(C(F)F)n2N)c(C)c1[N+](=O)[O-]. The number of alkyl halides is 2. The number of nitrogens with two attached hydrogens (primary N) is 1. The summed E-state index contributed by atoms with van der Waals surface area (Å²) in [4.78, 5) is 10.4. The monoisotopic (exact) mass is 319 g/mol. The second kappa shape index (κ2) is 5.63. The molecule has 0 aliphatic heterocycles. The third-order valence-corrected chi connectivity index (χ3v) is 3.64. The fourth-order valence-corrected chi connectivity index (χ4v) is 2.55. The molecule has 0 saturated heterocycles. The lowest BCUT2D eigenvalue weighted by Crippen LogP contribution is -2.14. The van der Waals surface area contributed by atoms with Crippen LogP contribution in [0.15, 0.2) is 5.16 Å². The zero-order valence-electron chi connectivity index (χ0n) is 11.0. The first-order valence-electron chi connectivity index (χ1n) is 5.62. The molecule has 0 radical (unpaired) electrons. The van der Waals surface area contributed by atoms with Crippen LogP contribution in [0.2, 0.25) is 0 Å². The van der Waals surface area contributed by atoms with Crippen molar-refractivity contribution in [1.29, 1.82) is 0 Å². The number of nitrogens with zero attached hydrogens (tertiary/aromatic N) is 6. The van der Waals surface area contributed by atoms with Crippen LogP contribution in [-0.2, 0) is 5.88 Å². The maximum Gasteiger partial charge on any atom is 0.312 e. The standard InChI is InChI=1S/C9H11F2N7O2S/c1-4-6(18(19)20)5(2)16(15-4)3-21-9-14-13-8(7(10)11)17(9)12/h7H,3,12H2,1-2H3. The van der Waals surface area contributed by atoms with E-state index in [2.05, 4.69) is 15.3 Å². The van der Waals surface area contributed by atoms with E-state index in [1.54, 1.807) is 6.92 Å². The fraction of sp³-hybridized carbons (Fsp3) is 0.444. The van der Waals surface area contributed by atoms with Crippen LogP contribution in [0.4, 0.5) is 14.5 Å². The van der Waals surface area contributed by atoms with Crippen molar-refractivity contribution >= 4 is 17.4 Å². The van der Waals surface area contributed by atoms with Gasteiger partial charge in [0.05, 0.1) is 10.8 Å². The van der Waals surface area contributed by atoms with Crippen LogP contribution in [0.1, 0.15) is 23.6 Å². The Bertz CT molecular complexity index is 684. The van der Waals surface area contributed by atoms with Crippen LogP contribution in [-0.4, -0.2) is 29.6 Å². The van der Waals surface area contributed by atoms with Gasteiger partial charge in [-0.15, -0.1) is 10.2 Å². The fourth-order valence-electron chi connectivity index (χ4n) is 1.73. The molecule has 0 amide bonds. The molecule has 0 bridgehead atoms. The second-order valence-electron chi connectivity index (χ2n) is 4.06. The van der Waals surface area contributed by atoms with Crippen molar-refractivity contribution in [2.24, 2.45) is 0 Å². The van der Waals surface area contributed by atoms with E-state index in [-0.39, 0.29) is 22.4 Å². The Labute approximate surface area is 121 Å². The number of aromatic nitrogens is 5. The van der Waals surface area contributed by atoms with Gasteiger partial charge in [0.1, 0.15) is 11.4 Å². The highest BCUT2D eigenvalue weighted by Crippen LogP contribution is 2.26. The molecule has 0 spiro atoms. The highest BCUT2D eigenvalue weighted by molar-refractivity contribution is 7.98. The van der Waals surface area contributed by atoms with Crippen LogP contribution in [0.3, 0.4) is 0 Å². The second-order valence-corrected chi connectivity index (χ2v) is 4.97. The molecule has 0 aromatic carbocycles. The van der Waals surface area contributed by atoms with E-state index < -0.39 is 17.2 Å². The van der Waals surface area contributed by atoms with E-state index in [0.717, 1.165) is 11.8 Å². The maximum absolute atomic E-state index is 12.5. The summed E-state index contributed by atoms with van der Waals surface area (Å²) in [5.74, 6) is 4.94. The predicted octanol–water partition coefficient (Wildman–Crippen LogP) is 1.40. The topological polar surface area (TPSA) is 118 Å². The third-order valence-electron chi connectivity index (χ3n) is 2.73. The van der Waals surface area contributed by atoms with Crippen molar-refractivity contribution in [3.05, 3.63) is 27.3 Å². The molecule has 2 aromatic heterocycles. The third kappa shape index (κ3) is 2.79. The summed E-state index contributed by atoms with van der Waals surface area (Å²) in [6.45, 7) is 3.07. The molecule has 0 saturated carbocycles. The van der Waals surface area contributed by atoms with Crippen LogP contribution in [0, 0.1) is 24.0 Å². The molecule has 21 heavy (non-hydrogen) atoms. The zero-order valence-corrected chi connectivity index (χ0v) is 11.8. The number of thioether (sulfide) groups is 1. The first kappa shape index (κ1) is 15.2. The molecule has 2 heterocycles. The number of halogens is 2. The molecular weight excluding hydrogens is 308 g/mol. The molecule has 0 atom stereocenters. The smallest absolute Gasteiger partial charge is 0.312 e. The number of rotatable bonds is 5. The van der Waals surface area contributed by atoms with Crippen LogP contribution in [0.25, 0.3) is 0 Å². The minimum atomic E-state index is -2.83. The van der Waals surface area contributed by atoms with E-state index in [1.807, 2.05) is 0 Å². The Hall–Kier alpha value is -2.24. The molecule has 9 nitrogen and oxygen atoms in total. The molecule has 2 aromatic rings. The first-order chi connectivity index (χ1) is 9.82. The molecule has 0 fully saturated rings. The van der Waals surface area contributed by atoms with Gasteiger partial charge in [-0.05, 0) is 13.8 Å². The van der Waals surface area contributed by atoms with Gasteiger partial charge < -0.3 is 5.84 Å². The van der Waals surface area contributed by atoms with Gasteiger partial charge in [-0.2, -0.15) is 5.10 Å². The summed E-state index contributed by atoms with van der Waals surface area (Å²) in [5, 5.41) is 21.8. The normalized spacial score (nSPS) is 11.3. The van der Waals surface area contributed by atoms with E-state index in [0.29, 0.717) is 10.4 Å². The minimum absolute atomic E-state index is 0.0699. The lowest BCUT2D eigenvalue weighted by Gasteiger charge is -2.04. The highest BCUT2D eigenvalue weighted by atomic mass is 32.2. The molecule has 0 aliphatic rings. The van der Waals surface area contributed by atoms with Crippen molar-refractivity contribution in [3.63, 3.8) is 0 Å². The molecule has 2 rings (SSSR count). The van der Waals surface area contributed by atoms with Crippen molar-refractivity contribution < 1.29 is 13.7 Å². The number of nitro groups is 1. The summed E-state index contributed by atoms with van der Waals surface area (Å²) < 4.78 is 27.1. The van der Waals surface area contributed by atoms with E-state index in [9.17, 15) is 18.9 Å². The summed E-state index contributed by atoms with van der Waals surface area (Å²) in [7, 11) is 0. The molecule has 12 heteroatoms. The summed E-state index contributed by atoms with van der Waals surface area (Å²) in [6.07, 6.45) is -2.83. The molecule has 114 valence electrons. The van der Waals surface area contributed by atoms with E-state index in [1.165, 1.54) is 11.6 Å². The number of aryl methyl sites for hydroxylation is 1. The van der Waals surface area contributed by atoms with Crippen LogP contribution < -0.4 is 5.84 Å². The Morgan fingerprint density at radius 2 is 2.10 bits per heavy atom. The van der Waals surface area contributed by atoms with Gasteiger partial charge in [-0.25, -0.2) is 13.5 Å². The Morgan fingerprint density at radius 1 is 1.43 bits per heavy atom. The molecular formula is C9H11F2N7O2S. The number of nitrogen functional groups attached to an aromatic ring is 1. The van der Waals surface area contributed by atoms with Crippen LogP contribution >= 0.6 is 11.8 Å². The Balaban J connectivity index is 2.18. The largest absolute Gasteiger partial charge is 0.335 e. The number of hydrogen-bond acceptors (Lipinski definition) is 7. The number of hydrogen-bond donors (Lipinski definition) is 1. The van der Waals surface area contributed by atoms with Crippen molar-refractivity contribution in [3.8, 4) is 0 Å². The summed E-state index contributed by atoms with van der Waals surface area (Å²) >= 11 is 0.995. The van der Waals surface area contributed by atoms with Crippen molar-refractivity contribution in [2.75, 3.05) is 5.84 Å². The van der Waals surface area contributed by atoms with Crippen molar-refractivity contribution in [1.82, 2.24) is 24.7 Å². The van der Waals surface area contributed by atoms with Gasteiger partial charge in [-0.3, -0.25) is 14.8 Å². The van der Waals surface area contributed by atoms with Gasteiger partial charge in [0.25, 0.3) is 6.43 Å². The van der Waals surface area contributed by atoms with Gasteiger partial charge >= 0.3 is 5.69 Å². The predicted molar refractivity (Wildman–Crippen MR) is 69.3 cm³/mol. The van der Waals surface area contributed by atoms with E-state index >= 15 is 0 Å². The average molecular weight is 319 g/mol. The molecule has 2 N–H and O–H groups in total. The van der Waals surface area contributed by atoms with Gasteiger partial charge in [0.15, 0.2) is 0 Å². The molecule has 0 aliphatic carbocycles. The zero-order chi connectivity index (χ0) is 15.7. The summed E-state index contributed by atoms with van der Waals surface area (Å²) in [6, 6.07) is 0. The Morgan fingerprint density at radius 3 is 2.57 bits per heavy atom. The maximum atomic E-state index is 12.5. The minimum Gasteiger partial charge on any atom is -0.335 e. The molecule has 0 unspecified atom stereocenters. The average Bonchev–Trinajstić information content (AvgIpc) is 2.87. The highest BCUT2D eigenvalue weighted by Gasteiger charge is 2.23. The first-order valence-corrected chi connectivity index (χ1v) is 6.61. The quantitative estimate of drug-likeness (QED) is 0.383.